The smallest absolute Gasteiger partial charge is 0.244 e. The Morgan fingerprint density at radius 3 is 2.39 bits per heavy atom. The van der Waals surface area contributed by atoms with Gasteiger partial charge in [-0.25, -0.2) is 8.42 Å². The molecule has 0 spiro atoms. The minimum absolute atomic E-state index is 0.149. The van der Waals surface area contributed by atoms with Gasteiger partial charge in [-0.15, -0.1) is 0 Å². The molecule has 0 saturated carbocycles. The first-order valence-corrected chi connectivity index (χ1v) is 13.7. The van der Waals surface area contributed by atoms with E-state index in [-0.39, 0.29) is 23.9 Å². The standard InChI is InChI=1S/C26H37N3O6S/c1-7-8-14-27-26(31)20(3)28(17-21-11-9-10-19(2)15-21)25(30)18-29(36(6,32)33)23-16-22(34-4)12-13-24(23)35-5/h9-13,15-16,20H,7-8,14,17-18H2,1-6H3,(H,27,31)/t20-/m1/s1. The summed E-state index contributed by atoms with van der Waals surface area (Å²) in [6.45, 7) is 5.75. The van der Waals surface area contributed by atoms with Crippen molar-refractivity contribution in [2.45, 2.75) is 46.2 Å². The maximum atomic E-state index is 13.7. The van der Waals surface area contributed by atoms with Gasteiger partial charge in [0.1, 0.15) is 24.1 Å². The monoisotopic (exact) mass is 519 g/mol. The first-order valence-electron chi connectivity index (χ1n) is 11.8. The highest BCUT2D eigenvalue weighted by Gasteiger charge is 2.31. The first-order chi connectivity index (χ1) is 17.0. The summed E-state index contributed by atoms with van der Waals surface area (Å²) in [5.41, 5.74) is 2.02. The van der Waals surface area contributed by atoms with Crippen LogP contribution in [0.5, 0.6) is 11.5 Å². The quantitative estimate of drug-likeness (QED) is 0.408. The van der Waals surface area contributed by atoms with Crippen LogP contribution in [-0.2, 0) is 26.2 Å². The Morgan fingerprint density at radius 1 is 1.08 bits per heavy atom. The Morgan fingerprint density at radius 2 is 1.81 bits per heavy atom. The number of carbonyl (C=O) groups excluding carboxylic acids is 2. The van der Waals surface area contributed by atoms with Crippen LogP contribution in [0.1, 0.15) is 37.8 Å². The van der Waals surface area contributed by atoms with Gasteiger partial charge in [-0.05, 0) is 38.0 Å². The predicted octanol–water partition coefficient (Wildman–Crippen LogP) is 3.11. The van der Waals surface area contributed by atoms with Crippen LogP contribution in [0.25, 0.3) is 0 Å². The van der Waals surface area contributed by atoms with Crippen LogP contribution in [0.2, 0.25) is 0 Å². The summed E-state index contributed by atoms with van der Waals surface area (Å²) < 4.78 is 37.2. The summed E-state index contributed by atoms with van der Waals surface area (Å²) in [5, 5.41) is 2.86. The van der Waals surface area contributed by atoms with Crippen molar-refractivity contribution in [1.29, 1.82) is 0 Å². The third-order valence-corrected chi connectivity index (χ3v) is 6.89. The summed E-state index contributed by atoms with van der Waals surface area (Å²) in [6.07, 6.45) is 2.76. The molecule has 0 aliphatic carbocycles. The van der Waals surface area contributed by atoms with Crippen LogP contribution in [0, 0.1) is 6.92 Å². The van der Waals surface area contributed by atoms with E-state index < -0.39 is 28.5 Å². The molecular weight excluding hydrogens is 482 g/mol. The molecule has 2 amide bonds. The molecule has 0 aliphatic rings. The number of hydrogen-bond donors (Lipinski definition) is 1. The summed E-state index contributed by atoms with van der Waals surface area (Å²) >= 11 is 0. The summed E-state index contributed by atoms with van der Waals surface area (Å²) in [7, 11) is -1.02. The molecule has 0 aromatic heterocycles. The molecule has 0 unspecified atom stereocenters. The average molecular weight is 520 g/mol. The molecular formula is C26H37N3O6S. The number of ether oxygens (including phenoxy) is 2. The fourth-order valence-corrected chi connectivity index (χ4v) is 4.56. The molecule has 0 aliphatic heterocycles. The van der Waals surface area contributed by atoms with Crippen molar-refractivity contribution in [3.63, 3.8) is 0 Å². The van der Waals surface area contributed by atoms with E-state index in [2.05, 4.69) is 5.32 Å². The van der Waals surface area contributed by atoms with Crippen LogP contribution in [0.4, 0.5) is 5.69 Å². The van der Waals surface area contributed by atoms with E-state index in [0.29, 0.717) is 12.3 Å². The molecule has 0 radical (unpaired) electrons. The number of sulfonamides is 1. The second kappa shape index (κ2) is 13.2. The topological polar surface area (TPSA) is 105 Å². The fraction of sp³-hybridized carbons (Fsp3) is 0.462. The van der Waals surface area contributed by atoms with Crippen molar-refractivity contribution in [2.24, 2.45) is 0 Å². The number of hydrogen-bond acceptors (Lipinski definition) is 6. The second-order valence-corrected chi connectivity index (χ2v) is 10.5. The van der Waals surface area contributed by atoms with E-state index in [0.717, 1.165) is 34.5 Å². The lowest BCUT2D eigenvalue weighted by Crippen LogP contribution is -2.51. The Labute approximate surface area is 214 Å². The van der Waals surface area contributed by atoms with E-state index in [1.165, 1.54) is 25.2 Å². The van der Waals surface area contributed by atoms with Crippen molar-refractivity contribution in [1.82, 2.24) is 10.2 Å². The van der Waals surface area contributed by atoms with E-state index in [9.17, 15) is 18.0 Å². The summed E-state index contributed by atoms with van der Waals surface area (Å²) in [5.74, 6) is -0.143. The molecule has 0 fully saturated rings. The Kier molecular flexibility index (Phi) is 10.6. The van der Waals surface area contributed by atoms with E-state index >= 15 is 0 Å². The molecule has 10 heteroatoms. The third kappa shape index (κ3) is 7.87. The van der Waals surface area contributed by atoms with E-state index in [4.69, 9.17) is 9.47 Å². The van der Waals surface area contributed by atoms with Crippen molar-refractivity contribution < 1.29 is 27.5 Å². The number of anilines is 1. The Hall–Kier alpha value is -3.27. The molecule has 0 bridgehead atoms. The zero-order chi connectivity index (χ0) is 26.9. The van der Waals surface area contributed by atoms with Crippen molar-refractivity contribution >= 4 is 27.5 Å². The zero-order valence-electron chi connectivity index (χ0n) is 21.9. The molecule has 0 heterocycles. The number of unbranched alkanes of at least 4 members (excludes halogenated alkanes) is 1. The minimum Gasteiger partial charge on any atom is -0.497 e. The van der Waals surface area contributed by atoms with Gasteiger partial charge in [0.2, 0.25) is 21.8 Å². The maximum Gasteiger partial charge on any atom is 0.244 e. The number of amides is 2. The van der Waals surface area contributed by atoms with Crippen molar-refractivity contribution in [2.75, 3.05) is 37.9 Å². The van der Waals surface area contributed by atoms with Crippen LogP contribution in [-0.4, -0.2) is 64.7 Å². The van der Waals surface area contributed by atoms with Gasteiger partial charge in [-0.2, -0.15) is 0 Å². The largest absolute Gasteiger partial charge is 0.497 e. The lowest BCUT2D eigenvalue weighted by Gasteiger charge is -2.32. The highest BCUT2D eigenvalue weighted by Crippen LogP contribution is 2.34. The van der Waals surface area contributed by atoms with Gasteiger partial charge in [-0.1, -0.05) is 43.2 Å². The molecule has 0 saturated heterocycles. The molecule has 2 aromatic carbocycles. The minimum atomic E-state index is -3.90. The Balaban J connectivity index is 2.44. The predicted molar refractivity (Wildman–Crippen MR) is 141 cm³/mol. The highest BCUT2D eigenvalue weighted by molar-refractivity contribution is 7.92. The van der Waals surface area contributed by atoms with Crippen molar-refractivity contribution in [3.05, 3.63) is 53.6 Å². The first kappa shape index (κ1) is 29.0. The number of carbonyl (C=O) groups is 2. The van der Waals surface area contributed by atoms with Gasteiger partial charge in [0.05, 0.1) is 26.2 Å². The van der Waals surface area contributed by atoms with E-state index in [1.54, 1.807) is 19.1 Å². The SMILES string of the molecule is CCCCNC(=O)[C@@H](C)N(Cc1cccc(C)c1)C(=O)CN(c1cc(OC)ccc1OC)S(C)(=O)=O. The normalized spacial score (nSPS) is 11.9. The van der Waals surface area contributed by atoms with Crippen LogP contribution in [0.3, 0.4) is 0 Å². The molecule has 198 valence electrons. The molecule has 2 rings (SSSR count). The Bertz CT molecular complexity index is 1150. The molecule has 2 aromatic rings. The van der Waals surface area contributed by atoms with E-state index in [1.807, 2.05) is 38.1 Å². The van der Waals surface area contributed by atoms with Gasteiger partial charge < -0.3 is 19.7 Å². The van der Waals surface area contributed by atoms with Gasteiger partial charge in [0.25, 0.3) is 0 Å². The molecule has 36 heavy (non-hydrogen) atoms. The zero-order valence-corrected chi connectivity index (χ0v) is 22.7. The lowest BCUT2D eigenvalue weighted by atomic mass is 10.1. The average Bonchev–Trinajstić information content (AvgIpc) is 2.84. The summed E-state index contributed by atoms with van der Waals surface area (Å²) in [6, 6.07) is 11.5. The number of aryl methyl sites for hydroxylation is 1. The number of rotatable bonds is 13. The number of methoxy groups -OCH3 is 2. The molecule has 1 atom stereocenters. The molecule has 1 N–H and O–H groups in total. The molecule has 9 nitrogen and oxygen atoms in total. The summed E-state index contributed by atoms with van der Waals surface area (Å²) in [4.78, 5) is 27.9. The van der Waals surface area contributed by atoms with Gasteiger partial charge in [-0.3, -0.25) is 13.9 Å². The maximum absolute atomic E-state index is 13.7. The van der Waals surface area contributed by atoms with Gasteiger partial charge in [0.15, 0.2) is 0 Å². The van der Waals surface area contributed by atoms with Gasteiger partial charge in [0, 0.05) is 19.2 Å². The fourth-order valence-electron chi connectivity index (χ4n) is 3.71. The van der Waals surface area contributed by atoms with Gasteiger partial charge >= 0.3 is 0 Å². The highest BCUT2D eigenvalue weighted by atomic mass is 32.2. The number of nitrogens with one attached hydrogen (secondary N) is 1. The third-order valence-electron chi connectivity index (χ3n) is 5.77. The van der Waals surface area contributed by atoms with Crippen LogP contribution in [0.15, 0.2) is 42.5 Å². The number of benzene rings is 2. The second-order valence-electron chi connectivity index (χ2n) is 8.64. The van der Waals surface area contributed by atoms with Crippen molar-refractivity contribution in [3.8, 4) is 11.5 Å². The number of nitrogens with zero attached hydrogens (tertiary/aromatic N) is 2. The lowest BCUT2D eigenvalue weighted by molar-refractivity contribution is -0.139. The van der Waals surface area contributed by atoms with Crippen LogP contribution < -0.4 is 19.1 Å². The van der Waals surface area contributed by atoms with Crippen LogP contribution >= 0.6 is 0 Å².